The molecule has 0 aliphatic heterocycles. The summed E-state index contributed by atoms with van der Waals surface area (Å²) >= 11 is 18.5. The van der Waals surface area contributed by atoms with Crippen LogP contribution in [0.3, 0.4) is 0 Å². The monoisotopic (exact) mass is 419 g/mol. The molecule has 1 aliphatic carbocycles. The summed E-state index contributed by atoms with van der Waals surface area (Å²) in [6.07, 6.45) is 6.47. The number of alkyl halides is 1. The maximum Gasteiger partial charge on any atom is 0.303 e. The van der Waals surface area contributed by atoms with Gasteiger partial charge in [0.1, 0.15) is 0 Å². The van der Waals surface area contributed by atoms with E-state index < -0.39 is 12.1 Å². The van der Waals surface area contributed by atoms with Crippen LogP contribution in [0.5, 0.6) is 0 Å². The molecule has 4 nitrogen and oxygen atoms in total. The third-order valence-corrected chi connectivity index (χ3v) is 5.65. The van der Waals surface area contributed by atoms with Gasteiger partial charge in [-0.2, -0.15) is 0 Å². The van der Waals surface area contributed by atoms with E-state index in [1.165, 1.54) is 0 Å². The first-order chi connectivity index (χ1) is 12.4. The average Bonchev–Trinajstić information content (AvgIpc) is 2.81. The smallest absolute Gasteiger partial charge is 0.303 e. The van der Waals surface area contributed by atoms with Crippen LogP contribution in [0.15, 0.2) is 30.4 Å². The summed E-state index contributed by atoms with van der Waals surface area (Å²) in [6, 6.07) is 5.26. The molecule has 0 saturated heterocycles. The molecule has 1 aromatic rings. The van der Waals surface area contributed by atoms with Crippen molar-refractivity contribution < 1.29 is 15.0 Å². The standard InChI is InChI=1S/C19H24Cl3NO3/c20-12-7-13(21)9-14(8-12)23-11-16-15(17(22)10-18(16)24)5-3-1-2-4-6-19(25)26/h1,3,7-9,15-18,23-24H,2,4-6,10-11H2,(H,25,26)/t15-,16-,17-,18-/m1/s1. The van der Waals surface area contributed by atoms with Gasteiger partial charge in [0.2, 0.25) is 0 Å². The lowest BCUT2D eigenvalue weighted by molar-refractivity contribution is -0.137. The highest BCUT2D eigenvalue weighted by molar-refractivity contribution is 6.35. The van der Waals surface area contributed by atoms with Gasteiger partial charge < -0.3 is 15.5 Å². The molecule has 0 unspecified atom stereocenters. The number of nitrogens with one attached hydrogen (secondary N) is 1. The van der Waals surface area contributed by atoms with E-state index in [2.05, 4.69) is 5.32 Å². The molecule has 1 aromatic carbocycles. The Morgan fingerprint density at radius 2 is 1.88 bits per heavy atom. The second-order valence-corrected chi connectivity index (χ2v) is 8.11. The number of carboxylic acids is 1. The topological polar surface area (TPSA) is 69.6 Å². The predicted molar refractivity (Wildman–Crippen MR) is 107 cm³/mol. The fourth-order valence-electron chi connectivity index (χ4n) is 3.38. The maximum atomic E-state index is 10.5. The first-order valence-electron chi connectivity index (χ1n) is 8.75. The Hall–Kier alpha value is -0.940. The van der Waals surface area contributed by atoms with Crippen LogP contribution in [0, 0.1) is 11.8 Å². The van der Waals surface area contributed by atoms with Crippen molar-refractivity contribution in [3.63, 3.8) is 0 Å². The van der Waals surface area contributed by atoms with Gasteiger partial charge in [0.15, 0.2) is 0 Å². The SMILES string of the molecule is O=C(O)CCCC=CC[C@@H]1[C@@H](CNc2cc(Cl)cc(Cl)c2)[C@H](O)C[C@H]1Cl. The molecule has 4 atom stereocenters. The number of carboxylic acid groups (broad SMARTS) is 1. The first-order valence-corrected chi connectivity index (χ1v) is 9.95. The fourth-order valence-corrected chi connectivity index (χ4v) is 4.38. The van der Waals surface area contributed by atoms with E-state index in [0.29, 0.717) is 29.4 Å². The summed E-state index contributed by atoms with van der Waals surface area (Å²) in [7, 11) is 0. The lowest BCUT2D eigenvalue weighted by Crippen LogP contribution is -2.28. The summed E-state index contributed by atoms with van der Waals surface area (Å²) in [5.41, 5.74) is 0.815. The van der Waals surface area contributed by atoms with E-state index in [-0.39, 0.29) is 23.6 Å². The molecular weight excluding hydrogens is 397 g/mol. The zero-order chi connectivity index (χ0) is 19.1. The highest BCUT2D eigenvalue weighted by atomic mass is 35.5. The number of benzene rings is 1. The van der Waals surface area contributed by atoms with Crippen LogP contribution in [-0.2, 0) is 4.79 Å². The van der Waals surface area contributed by atoms with E-state index in [0.717, 1.165) is 18.5 Å². The zero-order valence-corrected chi connectivity index (χ0v) is 16.6. The van der Waals surface area contributed by atoms with Crippen molar-refractivity contribution in [2.75, 3.05) is 11.9 Å². The van der Waals surface area contributed by atoms with E-state index in [1.807, 2.05) is 12.2 Å². The molecule has 1 saturated carbocycles. The summed E-state index contributed by atoms with van der Waals surface area (Å²) in [4.78, 5) is 10.5. The molecule has 2 rings (SSSR count). The van der Waals surface area contributed by atoms with Crippen LogP contribution in [-0.4, -0.2) is 34.2 Å². The Morgan fingerprint density at radius 1 is 1.19 bits per heavy atom. The lowest BCUT2D eigenvalue weighted by atomic mass is 9.91. The van der Waals surface area contributed by atoms with Crippen LogP contribution < -0.4 is 5.32 Å². The number of carbonyl (C=O) groups is 1. The maximum absolute atomic E-state index is 10.5. The fraction of sp³-hybridized carbons (Fsp3) is 0.526. The summed E-state index contributed by atoms with van der Waals surface area (Å²) in [6.45, 7) is 0.582. The number of halogens is 3. The minimum atomic E-state index is -0.773. The molecule has 0 aromatic heterocycles. The number of allylic oxidation sites excluding steroid dienone is 2. The zero-order valence-electron chi connectivity index (χ0n) is 14.4. The number of aliphatic hydroxyl groups is 1. The van der Waals surface area contributed by atoms with Gasteiger partial charge in [-0.05, 0) is 49.8 Å². The summed E-state index contributed by atoms with van der Waals surface area (Å²) in [5, 5.41) is 23.3. The molecule has 144 valence electrons. The van der Waals surface area contributed by atoms with Gasteiger partial charge in [0.25, 0.3) is 0 Å². The Morgan fingerprint density at radius 3 is 2.54 bits per heavy atom. The molecule has 26 heavy (non-hydrogen) atoms. The van der Waals surface area contributed by atoms with E-state index >= 15 is 0 Å². The van der Waals surface area contributed by atoms with Crippen LogP contribution in [0.25, 0.3) is 0 Å². The van der Waals surface area contributed by atoms with E-state index in [9.17, 15) is 9.90 Å². The van der Waals surface area contributed by atoms with Gasteiger partial charge in [0, 0.05) is 40.0 Å². The van der Waals surface area contributed by atoms with Gasteiger partial charge in [-0.1, -0.05) is 35.4 Å². The van der Waals surface area contributed by atoms with Crippen LogP contribution >= 0.6 is 34.8 Å². The molecule has 1 aliphatic rings. The molecule has 0 radical (unpaired) electrons. The predicted octanol–water partition coefficient (Wildman–Crippen LogP) is 5.21. The van der Waals surface area contributed by atoms with Crippen molar-refractivity contribution in [1.29, 1.82) is 0 Å². The van der Waals surface area contributed by atoms with Crippen molar-refractivity contribution in [1.82, 2.24) is 0 Å². The van der Waals surface area contributed by atoms with Crippen molar-refractivity contribution in [2.45, 2.75) is 43.6 Å². The first kappa shape index (κ1) is 21.4. The summed E-state index contributed by atoms with van der Waals surface area (Å²) in [5.74, 6) is -0.589. The number of aliphatic hydroxyl groups excluding tert-OH is 1. The Balaban J connectivity index is 1.88. The molecule has 3 N–H and O–H groups in total. The van der Waals surface area contributed by atoms with Crippen molar-refractivity contribution in [2.24, 2.45) is 11.8 Å². The normalized spacial score (nSPS) is 25.7. The van der Waals surface area contributed by atoms with Gasteiger partial charge in [0.05, 0.1) is 6.10 Å². The second kappa shape index (κ2) is 10.4. The highest BCUT2D eigenvalue weighted by Gasteiger charge is 2.40. The van der Waals surface area contributed by atoms with Gasteiger partial charge in [-0.25, -0.2) is 0 Å². The minimum absolute atomic E-state index is 0.0268. The molecule has 1 fully saturated rings. The number of rotatable bonds is 9. The molecule has 0 heterocycles. The van der Waals surface area contributed by atoms with Crippen LogP contribution in [0.4, 0.5) is 5.69 Å². The summed E-state index contributed by atoms with van der Waals surface area (Å²) < 4.78 is 0. The van der Waals surface area contributed by atoms with Crippen LogP contribution in [0.2, 0.25) is 10.0 Å². The second-order valence-electron chi connectivity index (χ2n) is 6.68. The third-order valence-electron chi connectivity index (χ3n) is 4.72. The molecule has 0 bridgehead atoms. The Labute approximate surface area is 169 Å². The molecule has 0 spiro atoms. The number of aliphatic carboxylic acids is 1. The highest BCUT2D eigenvalue weighted by Crippen LogP contribution is 2.39. The van der Waals surface area contributed by atoms with Gasteiger partial charge in [-0.15, -0.1) is 11.6 Å². The third kappa shape index (κ3) is 6.66. The Bertz CT molecular complexity index is 618. The number of anilines is 1. The van der Waals surface area contributed by atoms with E-state index in [4.69, 9.17) is 39.9 Å². The van der Waals surface area contributed by atoms with Crippen molar-refractivity contribution >= 4 is 46.5 Å². The number of hydrogen-bond acceptors (Lipinski definition) is 3. The number of unbranched alkanes of at least 4 members (excludes halogenated alkanes) is 1. The lowest BCUT2D eigenvalue weighted by Gasteiger charge is -2.23. The average molecular weight is 421 g/mol. The quantitative estimate of drug-likeness (QED) is 0.291. The molecule has 7 heteroatoms. The minimum Gasteiger partial charge on any atom is -0.481 e. The van der Waals surface area contributed by atoms with Crippen molar-refractivity contribution in [3.8, 4) is 0 Å². The van der Waals surface area contributed by atoms with Gasteiger partial charge >= 0.3 is 5.97 Å². The van der Waals surface area contributed by atoms with E-state index in [1.54, 1.807) is 18.2 Å². The van der Waals surface area contributed by atoms with Crippen LogP contribution in [0.1, 0.15) is 32.1 Å². The molecular formula is C19H24Cl3NO3. The largest absolute Gasteiger partial charge is 0.481 e. The van der Waals surface area contributed by atoms with Gasteiger partial charge in [-0.3, -0.25) is 4.79 Å². The Kier molecular flexibility index (Phi) is 8.55. The molecule has 0 amide bonds. The number of hydrogen-bond donors (Lipinski definition) is 3. The van der Waals surface area contributed by atoms with Crippen molar-refractivity contribution in [3.05, 3.63) is 40.4 Å².